The maximum Gasteiger partial charge on any atom is 0.166 e. The van der Waals surface area contributed by atoms with Gasteiger partial charge in [0.2, 0.25) is 0 Å². The Morgan fingerprint density at radius 2 is 2.27 bits per heavy atom. The Balaban J connectivity index is 2.64. The molecule has 1 N–H and O–H groups in total. The lowest BCUT2D eigenvalue weighted by Crippen LogP contribution is -2.20. The number of halogens is 3. The third-order valence-corrected chi connectivity index (χ3v) is 2.48. The van der Waals surface area contributed by atoms with Crippen molar-refractivity contribution in [2.45, 2.75) is 31.7 Å². The quantitative estimate of drug-likeness (QED) is 0.855. The fraction of sp³-hybridized carbons (Fsp3) is 0.500. The maximum absolute atomic E-state index is 13.4. The predicted octanol–water partition coefficient (Wildman–Crippen LogP) is 3.80. The fourth-order valence-corrected chi connectivity index (χ4v) is 1.87. The van der Waals surface area contributed by atoms with Gasteiger partial charge in [0, 0.05) is 22.1 Å². The van der Waals surface area contributed by atoms with Crippen LogP contribution in [-0.2, 0) is 0 Å². The summed E-state index contributed by atoms with van der Waals surface area (Å²) in [5.41, 5.74) is 0. The molecule has 0 bridgehead atoms. The van der Waals surface area contributed by atoms with Crippen molar-refractivity contribution in [3.63, 3.8) is 0 Å². The molecule has 1 heterocycles. The lowest BCUT2D eigenvalue weighted by atomic mass is 10.2. The first-order valence-corrected chi connectivity index (χ1v) is 5.93. The molecule has 2 nitrogen and oxygen atoms in total. The van der Waals surface area contributed by atoms with Gasteiger partial charge in [-0.15, -0.1) is 11.6 Å². The van der Waals surface area contributed by atoms with Crippen molar-refractivity contribution < 1.29 is 4.39 Å². The van der Waals surface area contributed by atoms with Gasteiger partial charge in [-0.25, -0.2) is 9.37 Å². The molecule has 0 saturated carbocycles. The number of alkyl halides is 1. The topological polar surface area (TPSA) is 24.9 Å². The molecule has 0 radical (unpaired) electrons. The van der Waals surface area contributed by atoms with Crippen molar-refractivity contribution in [2.75, 3.05) is 5.32 Å². The molecule has 0 saturated heterocycles. The Hall–Kier alpha value is -0.350. The summed E-state index contributed by atoms with van der Waals surface area (Å²) in [6.07, 6.45) is 2.32. The van der Waals surface area contributed by atoms with Crippen molar-refractivity contribution >= 4 is 33.3 Å². The van der Waals surface area contributed by atoms with E-state index in [1.165, 1.54) is 6.07 Å². The molecule has 0 spiro atoms. The molecule has 0 aliphatic rings. The second-order valence-corrected chi connectivity index (χ2v) is 5.21. The number of rotatable bonds is 4. The molecule has 0 aromatic carbocycles. The number of pyridine rings is 1. The summed E-state index contributed by atoms with van der Waals surface area (Å²) in [5.74, 6) is -0.0959. The van der Waals surface area contributed by atoms with Gasteiger partial charge in [-0.1, -0.05) is 0 Å². The summed E-state index contributed by atoms with van der Waals surface area (Å²) in [6.45, 7) is 3.85. The normalized spacial score (nSPS) is 14.7. The summed E-state index contributed by atoms with van der Waals surface area (Å²) >= 11 is 8.99. The van der Waals surface area contributed by atoms with E-state index in [1.807, 2.05) is 13.8 Å². The SMILES string of the molecule is CC(Cl)CC(C)Nc1ncc(Br)cc1F. The summed E-state index contributed by atoms with van der Waals surface area (Å²) in [4.78, 5) is 3.95. The first-order chi connectivity index (χ1) is 6.99. The molecule has 2 atom stereocenters. The number of aromatic nitrogens is 1. The standard InChI is InChI=1S/C10H13BrClFN2/c1-6(12)3-7(2)15-10-9(13)4-8(11)5-14-10/h4-7H,3H2,1-2H3,(H,14,15). The van der Waals surface area contributed by atoms with Gasteiger partial charge in [0.15, 0.2) is 11.6 Å². The molecule has 0 aliphatic heterocycles. The van der Waals surface area contributed by atoms with Gasteiger partial charge in [0.1, 0.15) is 0 Å². The van der Waals surface area contributed by atoms with Crippen LogP contribution in [0, 0.1) is 5.82 Å². The van der Waals surface area contributed by atoms with Gasteiger partial charge in [0.05, 0.1) is 0 Å². The molecule has 2 unspecified atom stereocenters. The van der Waals surface area contributed by atoms with Gasteiger partial charge >= 0.3 is 0 Å². The van der Waals surface area contributed by atoms with E-state index < -0.39 is 0 Å². The summed E-state index contributed by atoms with van der Waals surface area (Å²) in [7, 11) is 0. The molecule has 1 rings (SSSR count). The van der Waals surface area contributed by atoms with Crippen LogP contribution >= 0.6 is 27.5 Å². The summed E-state index contributed by atoms with van der Waals surface area (Å²) in [6, 6.07) is 1.48. The van der Waals surface area contributed by atoms with Gasteiger partial charge in [-0.2, -0.15) is 0 Å². The largest absolute Gasteiger partial charge is 0.365 e. The minimum atomic E-state index is -0.363. The zero-order valence-corrected chi connectivity index (χ0v) is 10.9. The van der Waals surface area contributed by atoms with E-state index in [1.54, 1.807) is 6.20 Å². The van der Waals surface area contributed by atoms with Crippen molar-refractivity contribution in [3.8, 4) is 0 Å². The van der Waals surface area contributed by atoms with E-state index in [-0.39, 0.29) is 23.1 Å². The minimum Gasteiger partial charge on any atom is -0.365 e. The van der Waals surface area contributed by atoms with Crippen LogP contribution in [0.4, 0.5) is 10.2 Å². The molecule has 15 heavy (non-hydrogen) atoms. The van der Waals surface area contributed by atoms with E-state index in [0.29, 0.717) is 4.47 Å². The molecule has 84 valence electrons. The monoisotopic (exact) mass is 294 g/mol. The second kappa shape index (κ2) is 5.66. The highest BCUT2D eigenvalue weighted by Crippen LogP contribution is 2.18. The van der Waals surface area contributed by atoms with Gasteiger partial charge in [-0.05, 0) is 42.3 Å². The molecule has 0 aliphatic carbocycles. The Morgan fingerprint density at radius 3 is 2.80 bits per heavy atom. The van der Waals surface area contributed by atoms with Crippen LogP contribution in [0.1, 0.15) is 20.3 Å². The highest BCUT2D eigenvalue weighted by atomic mass is 79.9. The molecule has 0 fully saturated rings. The Kier molecular flexibility index (Phi) is 4.80. The number of nitrogens with one attached hydrogen (secondary N) is 1. The van der Waals surface area contributed by atoms with Crippen molar-refractivity contribution in [3.05, 3.63) is 22.6 Å². The summed E-state index contributed by atoms with van der Waals surface area (Å²) in [5, 5.41) is 3.04. The van der Waals surface area contributed by atoms with Crippen LogP contribution in [0.15, 0.2) is 16.7 Å². The first-order valence-electron chi connectivity index (χ1n) is 4.70. The molecular weight excluding hydrogens is 282 g/mol. The van der Waals surface area contributed by atoms with E-state index in [0.717, 1.165) is 6.42 Å². The minimum absolute atomic E-state index is 0.0611. The van der Waals surface area contributed by atoms with Crippen LogP contribution in [0.25, 0.3) is 0 Å². The number of hydrogen-bond donors (Lipinski definition) is 1. The third kappa shape index (κ3) is 4.34. The number of nitrogens with zero attached hydrogens (tertiary/aromatic N) is 1. The van der Waals surface area contributed by atoms with Crippen molar-refractivity contribution in [1.29, 1.82) is 0 Å². The Bertz CT molecular complexity index is 333. The van der Waals surface area contributed by atoms with Gasteiger partial charge in [-0.3, -0.25) is 0 Å². The molecule has 0 amide bonds. The molecular formula is C10H13BrClFN2. The average molecular weight is 296 g/mol. The first kappa shape index (κ1) is 12.7. The van der Waals surface area contributed by atoms with E-state index in [9.17, 15) is 4.39 Å². The van der Waals surface area contributed by atoms with Crippen LogP contribution in [0.5, 0.6) is 0 Å². The van der Waals surface area contributed by atoms with Crippen molar-refractivity contribution in [1.82, 2.24) is 4.98 Å². The fourth-order valence-electron chi connectivity index (χ4n) is 1.30. The zero-order chi connectivity index (χ0) is 11.4. The van der Waals surface area contributed by atoms with Crippen LogP contribution < -0.4 is 5.32 Å². The number of hydrogen-bond acceptors (Lipinski definition) is 2. The van der Waals surface area contributed by atoms with Crippen molar-refractivity contribution in [2.24, 2.45) is 0 Å². The Labute approximate surface area is 102 Å². The maximum atomic E-state index is 13.4. The second-order valence-electron chi connectivity index (χ2n) is 3.55. The van der Waals surface area contributed by atoms with Crippen LogP contribution in [-0.4, -0.2) is 16.4 Å². The zero-order valence-electron chi connectivity index (χ0n) is 8.60. The van der Waals surface area contributed by atoms with E-state index in [2.05, 4.69) is 26.2 Å². The molecule has 1 aromatic rings. The smallest absolute Gasteiger partial charge is 0.166 e. The highest BCUT2D eigenvalue weighted by molar-refractivity contribution is 9.10. The van der Waals surface area contributed by atoms with Gasteiger partial charge < -0.3 is 5.32 Å². The summed E-state index contributed by atoms with van der Waals surface area (Å²) < 4.78 is 14.0. The Morgan fingerprint density at radius 1 is 1.60 bits per heavy atom. The van der Waals surface area contributed by atoms with Crippen LogP contribution in [0.3, 0.4) is 0 Å². The van der Waals surface area contributed by atoms with E-state index in [4.69, 9.17) is 11.6 Å². The third-order valence-electron chi connectivity index (χ3n) is 1.87. The number of anilines is 1. The highest BCUT2D eigenvalue weighted by Gasteiger charge is 2.10. The molecule has 5 heteroatoms. The molecule has 1 aromatic heterocycles. The average Bonchev–Trinajstić information content (AvgIpc) is 2.08. The van der Waals surface area contributed by atoms with Gasteiger partial charge in [0.25, 0.3) is 0 Å². The lowest BCUT2D eigenvalue weighted by molar-refractivity contribution is 0.613. The lowest BCUT2D eigenvalue weighted by Gasteiger charge is -2.15. The van der Waals surface area contributed by atoms with E-state index >= 15 is 0 Å². The van der Waals surface area contributed by atoms with Crippen LogP contribution in [0.2, 0.25) is 0 Å². The predicted molar refractivity (Wildman–Crippen MR) is 64.9 cm³/mol.